The van der Waals surface area contributed by atoms with Crippen LogP contribution in [0.3, 0.4) is 0 Å². The van der Waals surface area contributed by atoms with E-state index in [1.807, 2.05) is 0 Å². The van der Waals surface area contributed by atoms with Gasteiger partial charge in [0.2, 0.25) is 0 Å². The van der Waals surface area contributed by atoms with Crippen molar-refractivity contribution >= 4 is 29.1 Å². The number of piperazine rings is 1. The summed E-state index contributed by atoms with van der Waals surface area (Å²) in [7, 11) is 0. The van der Waals surface area contributed by atoms with Gasteiger partial charge >= 0.3 is 0 Å². The first-order valence-corrected chi connectivity index (χ1v) is 8.49. The lowest BCUT2D eigenvalue weighted by molar-refractivity contribution is 0.0628. The first kappa shape index (κ1) is 17.2. The van der Waals surface area contributed by atoms with E-state index in [2.05, 4.69) is 4.90 Å². The molecule has 2 aromatic rings. The molecule has 0 atom stereocenters. The molecule has 0 aromatic heterocycles. The van der Waals surface area contributed by atoms with Crippen molar-refractivity contribution in [3.8, 4) is 0 Å². The molecule has 1 amide bonds. The van der Waals surface area contributed by atoms with Gasteiger partial charge in [-0.15, -0.1) is 0 Å². The highest BCUT2D eigenvalue weighted by molar-refractivity contribution is 6.36. The zero-order valence-corrected chi connectivity index (χ0v) is 14.5. The molecule has 1 heterocycles. The number of benzene rings is 2. The summed E-state index contributed by atoms with van der Waals surface area (Å²) in [6, 6.07) is 11.4. The van der Waals surface area contributed by atoms with Crippen molar-refractivity contribution in [3.05, 3.63) is 69.5 Å². The second-order valence-corrected chi connectivity index (χ2v) is 6.66. The number of halogens is 3. The van der Waals surface area contributed by atoms with Crippen LogP contribution >= 0.6 is 23.2 Å². The van der Waals surface area contributed by atoms with E-state index in [1.54, 1.807) is 35.2 Å². The lowest BCUT2D eigenvalue weighted by atomic mass is 10.1. The minimum absolute atomic E-state index is 0.0712. The molecule has 1 aliphatic heterocycles. The van der Waals surface area contributed by atoms with Gasteiger partial charge < -0.3 is 4.90 Å². The second-order valence-electron chi connectivity index (χ2n) is 5.82. The smallest absolute Gasteiger partial charge is 0.255 e. The van der Waals surface area contributed by atoms with E-state index in [0.717, 1.165) is 25.2 Å². The molecular formula is C18H17Cl2FN2O. The molecule has 1 aliphatic rings. The lowest BCUT2D eigenvalue weighted by Gasteiger charge is -2.35. The molecule has 0 N–H and O–H groups in total. The van der Waals surface area contributed by atoms with Gasteiger partial charge in [0, 0.05) is 37.7 Å². The highest BCUT2D eigenvalue weighted by Crippen LogP contribution is 2.23. The zero-order chi connectivity index (χ0) is 17.1. The predicted octanol–water partition coefficient (Wildman–Crippen LogP) is 4.09. The van der Waals surface area contributed by atoms with E-state index >= 15 is 0 Å². The first-order chi connectivity index (χ1) is 11.5. The second kappa shape index (κ2) is 7.51. The minimum atomic E-state index is -0.228. The molecule has 0 bridgehead atoms. The Morgan fingerprint density at radius 2 is 1.67 bits per heavy atom. The Morgan fingerprint density at radius 3 is 2.29 bits per heavy atom. The molecule has 3 nitrogen and oxygen atoms in total. The van der Waals surface area contributed by atoms with Gasteiger partial charge in [-0.05, 0) is 35.9 Å². The fraction of sp³-hybridized carbons (Fsp3) is 0.278. The van der Waals surface area contributed by atoms with Crippen LogP contribution in [-0.2, 0) is 6.54 Å². The van der Waals surface area contributed by atoms with Gasteiger partial charge in [-0.25, -0.2) is 4.39 Å². The zero-order valence-electron chi connectivity index (χ0n) is 13.0. The van der Waals surface area contributed by atoms with Gasteiger partial charge in [0.05, 0.1) is 10.6 Å². The monoisotopic (exact) mass is 366 g/mol. The maximum absolute atomic E-state index is 12.9. The summed E-state index contributed by atoms with van der Waals surface area (Å²) in [6.07, 6.45) is 0. The van der Waals surface area contributed by atoms with Gasteiger partial charge in [0.15, 0.2) is 0 Å². The van der Waals surface area contributed by atoms with Gasteiger partial charge in [-0.1, -0.05) is 35.3 Å². The largest absolute Gasteiger partial charge is 0.336 e. The Labute approximate surface area is 150 Å². The summed E-state index contributed by atoms with van der Waals surface area (Å²) in [4.78, 5) is 16.6. The number of rotatable bonds is 3. The summed E-state index contributed by atoms with van der Waals surface area (Å²) >= 11 is 12.0. The van der Waals surface area contributed by atoms with E-state index in [-0.39, 0.29) is 11.7 Å². The average molecular weight is 367 g/mol. The predicted molar refractivity (Wildman–Crippen MR) is 94.0 cm³/mol. The molecule has 1 fully saturated rings. The van der Waals surface area contributed by atoms with Crippen LogP contribution in [0.4, 0.5) is 4.39 Å². The maximum atomic E-state index is 12.9. The fourth-order valence-corrected chi connectivity index (χ4v) is 3.28. The van der Waals surface area contributed by atoms with Crippen molar-refractivity contribution in [1.82, 2.24) is 9.80 Å². The van der Waals surface area contributed by atoms with Crippen molar-refractivity contribution in [2.24, 2.45) is 0 Å². The normalized spacial score (nSPS) is 15.5. The van der Waals surface area contributed by atoms with Crippen molar-refractivity contribution in [3.63, 3.8) is 0 Å². The van der Waals surface area contributed by atoms with Crippen molar-refractivity contribution < 1.29 is 9.18 Å². The quantitative estimate of drug-likeness (QED) is 0.816. The molecule has 126 valence electrons. The van der Waals surface area contributed by atoms with Crippen LogP contribution in [0.1, 0.15) is 15.9 Å². The van der Waals surface area contributed by atoms with Crippen molar-refractivity contribution in [1.29, 1.82) is 0 Å². The number of nitrogens with zero attached hydrogens (tertiary/aromatic N) is 2. The van der Waals surface area contributed by atoms with E-state index < -0.39 is 0 Å². The third kappa shape index (κ3) is 4.07. The highest BCUT2D eigenvalue weighted by Gasteiger charge is 2.23. The Bertz CT molecular complexity index is 728. The third-order valence-corrected chi connectivity index (χ3v) is 4.69. The molecule has 1 saturated heterocycles. The molecule has 0 spiro atoms. The SMILES string of the molecule is O=C(c1ccc(Cl)cc1Cl)N1CCN(Cc2ccc(F)cc2)CC1. The van der Waals surface area contributed by atoms with Crippen LogP contribution in [0, 0.1) is 5.82 Å². The van der Waals surface area contributed by atoms with Crippen molar-refractivity contribution in [2.45, 2.75) is 6.54 Å². The van der Waals surface area contributed by atoms with Crippen LogP contribution < -0.4 is 0 Å². The molecule has 0 unspecified atom stereocenters. The van der Waals surface area contributed by atoms with Gasteiger partial charge in [-0.2, -0.15) is 0 Å². The van der Waals surface area contributed by atoms with Crippen LogP contribution in [0.5, 0.6) is 0 Å². The number of carbonyl (C=O) groups excluding carboxylic acids is 1. The number of hydrogen-bond acceptors (Lipinski definition) is 2. The Hall–Kier alpha value is -1.62. The summed E-state index contributed by atoms with van der Waals surface area (Å²) in [5.74, 6) is -0.299. The minimum Gasteiger partial charge on any atom is -0.336 e. The number of amides is 1. The van der Waals surface area contributed by atoms with E-state index in [4.69, 9.17) is 23.2 Å². The van der Waals surface area contributed by atoms with Gasteiger partial charge in [-0.3, -0.25) is 9.69 Å². The molecule has 0 aliphatic carbocycles. The molecular weight excluding hydrogens is 350 g/mol. The van der Waals surface area contributed by atoms with Crippen LogP contribution in [-0.4, -0.2) is 41.9 Å². The standard InChI is InChI=1S/C18H17Cl2FN2O/c19-14-3-6-16(17(20)11-14)18(24)23-9-7-22(8-10-23)12-13-1-4-15(21)5-2-13/h1-6,11H,7-10,12H2. The third-order valence-electron chi connectivity index (χ3n) is 4.14. The van der Waals surface area contributed by atoms with Gasteiger partial charge in [0.1, 0.15) is 5.82 Å². The fourth-order valence-electron chi connectivity index (χ4n) is 2.79. The molecule has 2 aromatic carbocycles. The molecule has 24 heavy (non-hydrogen) atoms. The van der Waals surface area contributed by atoms with Crippen LogP contribution in [0.25, 0.3) is 0 Å². The van der Waals surface area contributed by atoms with Crippen molar-refractivity contribution in [2.75, 3.05) is 26.2 Å². The highest BCUT2D eigenvalue weighted by atomic mass is 35.5. The average Bonchev–Trinajstić information content (AvgIpc) is 2.57. The van der Waals surface area contributed by atoms with E-state index in [0.29, 0.717) is 28.7 Å². The molecule has 0 radical (unpaired) electrons. The lowest BCUT2D eigenvalue weighted by Crippen LogP contribution is -2.48. The summed E-state index contributed by atoms with van der Waals surface area (Å²) in [5, 5.41) is 0.891. The molecule has 6 heteroatoms. The Kier molecular flexibility index (Phi) is 5.39. The van der Waals surface area contributed by atoms with Gasteiger partial charge in [0.25, 0.3) is 5.91 Å². The number of hydrogen-bond donors (Lipinski definition) is 0. The molecule has 0 saturated carbocycles. The summed E-state index contributed by atoms with van der Waals surface area (Å²) in [5.41, 5.74) is 1.55. The summed E-state index contributed by atoms with van der Waals surface area (Å²) < 4.78 is 12.9. The summed E-state index contributed by atoms with van der Waals surface area (Å²) in [6.45, 7) is 3.57. The van der Waals surface area contributed by atoms with Crippen LogP contribution in [0.15, 0.2) is 42.5 Å². The van der Waals surface area contributed by atoms with Crippen LogP contribution in [0.2, 0.25) is 10.0 Å². The first-order valence-electron chi connectivity index (χ1n) is 7.74. The van der Waals surface area contributed by atoms with E-state index in [1.165, 1.54) is 12.1 Å². The topological polar surface area (TPSA) is 23.6 Å². The molecule has 3 rings (SSSR count). The van der Waals surface area contributed by atoms with E-state index in [9.17, 15) is 9.18 Å². The Morgan fingerprint density at radius 1 is 1.00 bits per heavy atom. The number of carbonyl (C=O) groups is 1. The Balaban J connectivity index is 1.58. The maximum Gasteiger partial charge on any atom is 0.255 e.